The Morgan fingerprint density at radius 2 is 1.94 bits per heavy atom. The van der Waals surface area contributed by atoms with E-state index < -0.39 is 11.6 Å². The molecular formula is C14H15NO3. The van der Waals surface area contributed by atoms with E-state index in [0.717, 1.165) is 5.39 Å². The quantitative estimate of drug-likeness (QED) is 0.785. The number of hydrogen-bond donors (Lipinski definition) is 1. The number of rotatable bonds is 1. The van der Waals surface area contributed by atoms with Crippen molar-refractivity contribution in [3.63, 3.8) is 0 Å². The van der Waals surface area contributed by atoms with Gasteiger partial charge in [-0.15, -0.1) is 0 Å². The van der Waals surface area contributed by atoms with Crippen LogP contribution in [-0.4, -0.2) is 21.7 Å². The summed E-state index contributed by atoms with van der Waals surface area (Å²) < 4.78 is 5.23. The largest absolute Gasteiger partial charge is 0.506 e. The number of nitrogens with zero attached hydrogens (tertiary/aromatic N) is 1. The number of fused-ring (bicyclic) bond motifs is 1. The number of aromatic nitrogens is 1. The van der Waals surface area contributed by atoms with Gasteiger partial charge >= 0.3 is 5.97 Å². The fourth-order valence-corrected chi connectivity index (χ4v) is 1.58. The molecule has 2 rings (SSSR count). The second kappa shape index (κ2) is 4.29. The van der Waals surface area contributed by atoms with Crippen molar-refractivity contribution in [3.05, 3.63) is 36.0 Å². The average Bonchev–Trinajstić information content (AvgIpc) is 2.27. The standard InChI is InChI=1S/C14H15NO3/c1-14(2,3)18-13(17)10-8-7-9-5-4-6-11(16)12(9)15-10/h4-8,16H,1-3H3. The fourth-order valence-electron chi connectivity index (χ4n) is 1.58. The van der Waals surface area contributed by atoms with Crippen LogP contribution < -0.4 is 0 Å². The van der Waals surface area contributed by atoms with Crippen LogP contribution >= 0.6 is 0 Å². The Kier molecular flexibility index (Phi) is 2.95. The number of pyridine rings is 1. The third-order valence-electron chi connectivity index (χ3n) is 2.31. The third kappa shape index (κ3) is 2.59. The van der Waals surface area contributed by atoms with Crippen molar-refractivity contribution in [2.45, 2.75) is 26.4 Å². The molecule has 0 fully saturated rings. The summed E-state index contributed by atoms with van der Waals surface area (Å²) in [5.41, 5.74) is 0.0340. The predicted molar refractivity (Wildman–Crippen MR) is 68.6 cm³/mol. The molecule has 0 aliphatic rings. The van der Waals surface area contributed by atoms with E-state index in [1.807, 2.05) is 6.07 Å². The van der Waals surface area contributed by atoms with E-state index in [2.05, 4.69) is 4.98 Å². The minimum absolute atomic E-state index is 0.0536. The highest BCUT2D eigenvalue weighted by molar-refractivity contribution is 5.92. The van der Waals surface area contributed by atoms with E-state index in [-0.39, 0.29) is 11.4 Å². The van der Waals surface area contributed by atoms with Gasteiger partial charge in [-0.25, -0.2) is 9.78 Å². The van der Waals surface area contributed by atoms with Crippen molar-refractivity contribution < 1.29 is 14.6 Å². The number of phenolic OH excluding ortho intramolecular Hbond substituents is 1. The van der Waals surface area contributed by atoms with Crippen molar-refractivity contribution >= 4 is 16.9 Å². The molecule has 0 spiro atoms. The van der Waals surface area contributed by atoms with Crippen LogP contribution in [0.1, 0.15) is 31.3 Å². The van der Waals surface area contributed by atoms with Crippen LogP contribution in [0.2, 0.25) is 0 Å². The van der Waals surface area contributed by atoms with Crippen LogP contribution in [0.15, 0.2) is 30.3 Å². The third-order valence-corrected chi connectivity index (χ3v) is 2.31. The molecule has 0 saturated carbocycles. The van der Waals surface area contributed by atoms with Crippen molar-refractivity contribution in [2.75, 3.05) is 0 Å². The molecule has 1 aromatic heterocycles. The summed E-state index contributed by atoms with van der Waals surface area (Å²) in [6.45, 7) is 5.39. The lowest BCUT2D eigenvalue weighted by Crippen LogP contribution is -2.24. The number of carbonyl (C=O) groups is 1. The first-order valence-corrected chi connectivity index (χ1v) is 5.69. The summed E-state index contributed by atoms with van der Waals surface area (Å²) in [5.74, 6) is -0.439. The molecule has 0 aliphatic heterocycles. The van der Waals surface area contributed by atoms with E-state index in [1.165, 1.54) is 6.07 Å². The zero-order valence-electron chi connectivity index (χ0n) is 10.6. The van der Waals surface area contributed by atoms with Gasteiger partial charge in [-0.2, -0.15) is 0 Å². The first-order chi connectivity index (χ1) is 8.37. The van der Waals surface area contributed by atoms with Gasteiger partial charge in [0.05, 0.1) is 0 Å². The van der Waals surface area contributed by atoms with Gasteiger partial charge in [-0.05, 0) is 32.9 Å². The Morgan fingerprint density at radius 1 is 1.22 bits per heavy atom. The van der Waals surface area contributed by atoms with E-state index in [9.17, 15) is 9.90 Å². The lowest BCUT2D eigenvalue weighted by Gasteiger charge is -2.19. The number of hydrogen-bond acceptors (Lipinski definition) is 4. The Bertz CT molecular complexity index is 600. The maximum Gasteiger partial charge on any atom is 0.357 e. The van der Waals surface area contributed by atoms with Crippen molar-refractivity contribution in [1.29, 1.82) is 0 Å². The molecule has 18 heavy (non-hydrogen) atoms. The van der Waals surface area contributed by atoms with Gasteiger partial charge in [0.1, 0.15) is 22.6 Å². The summed E-state index contributed by atoms with van der Waals surface area (Å²) in [4.78, 5) is 16.0. The Balaban J connectivity index is 2.41. The fraction of sp³-hybridized carbons (Fsp3) is 0.286. The van der Waals surface area contributed by atoms with Gasteiger partial charge in [0.25, 0.3) is 0 Å². The van der Waals surface area contributed by atoms with Crippen LogP contribution in [0.25, 0.3) is 10.9 Å². The Morgan fingerprint density at radius 3 is 2.61 bits per heavy atom. The van der Waals surface area contributed by atoms with E-state index in [0.29, 0.717) is 5.52 Å². The van der Waals surface area contributed by atoms with Gasteiger partial charge in [0.15, 0.2) is 0 Å². The van der Waals surface area contributed by atoms with Crippen LogP contribution in [0.3, 0.4) is 0 Å². The zero-order chi connectivity index (χ0) is 13.3. The van der Waals surface area contributed by atoms with Gasteiger partial charge in [-0.3, -0.25) is 0 Å². The molecule has 0 aliphatic carbocycles. The number of ether oxygens (including phenoxy) is 1. The van der Waals surface area contributed by atoms with Crippen LogP contribution in [0.4, 0.5) is 0 Å². The molecule has 4 nitrogen and oxygen atoms in total. The maximum absolute atomic E-state index is 11.8. The van der Waals surface area contributed by atoms with Gasteiger partial charge < -0.3 is 9.84 Å². The number of phenols is 1. The van der Waals surface area contributed by atoms with Crippen molar-refractivity contribution in [2.24, 2.45) is 0 Å². The molecule has 0 amide bonds. The lowest BCUT2D eigenvalue weighted by atomic mass is 10.1. The van der Waals surface area contributed by atoms with Crippen LogP contribution in [0, 0.1) is 0 Å². The first-order valence-electron chi connectivity index (χ1n) is 5.69. The summed E-state index contributed by atoms with van der Waals surface area (Å²) in [5, 5.41) is 10.5. The monoisotopic (exact) mass is 245 g/mol. The number of esters is 1. The molecule has 1 heterocycles. The van der Waals surface area contributed by atoms with E-state index >= 15 is 0 Å². The number of para-hydroxylation sites is 1. The molecule has 0 bridgehead atoms. The highest BCUT2D eigenvalue weighted by atomic mass is 16.6. The van der Waals surface area contributed by atoms with Crippen LogP contribution in [-0.2, 0) is 4.74 Å². The van der Waals surface area contributed by atoms with E-state index in [4.69, 9.17) is 4.74 Å². The maximum atomic E-state index is 11.8. The minimum Gasteiger partial charge on any atom is -0.506 e. The van der Waals surface area contributed by atoms with Crippen LogP contribution in [0.5, 0.6) is 5.75 Å². The van der Waals surface area contributed by atoms with Gasteiger partial charge in [-0.1, -0.05) is 18.2 Å². The molecule has 1 N–H and O–H groups in total. The second-order valence-electron chi connectivity index (χ2n) is 5.05. The summed E-state index contributed by atoms with van der Waals surface area (Å²) in [7, 11) is 0. The molecule has 1 aromatic carbocycles. The second-order valence-corrected chi connectivity index (χ2v) is 5.05. The smallest absolute Gasteiger partial charge is 0.357 e. The molecule has 0 saturated heterocycles. The summed E-state index contributed by atoms with van der Waals surface area (Å²) >= 11 is 0. The number of aromatic hydroxyl groups is 1. The molecule has 0 atom stereocenters. The zero-order valence-corrected chi connectivity index (χ0v) is 10.6. The molecule has 94 valence electrons. The highest BCUT2D eigenvalue weighted by Gasteiger charge is 2.19. The highest BCUT2D eigenvalue weighted by Crippen LogP contribution is 2.23. The average molecular weight is 245 g/mol. The molecule has 0 radical (unpaired) electrons. The van der Waals surface area contributed by atoms with Gasteiger partial charge in [0, 0.05) is 5.39 Å². The molecule has 2 aromatic rings. The first kappa shape index (κ1) is 12.4. The molecule has 0 unspecified atom stereocenters. The topological polar surface area (TPSA) is 59.4 Å². The molecule has 4 heteroatoms. The van der Waals surface area contributed by atoms with Crippen molar-refractivity contribution in [1.82, 2.24) is 4.98 Å². The van der Waals surface area contributed by atoms with E-state index in [1.54, 1.807) is 39.0 Å². The Labute approximate surface area is 105 Å². The minimum atomic E-state index is -0.563. The SMILES string of the molecule is CC(C)(C)OC(=O)c1ccc2cccc(O)c2n1. The summed E-state index contributed by atoms with van der Waals surface area (Å²) in [6, 6.07) is 8.42. The number of carbonyl (C=O) groups excluding carboxylic acids is 1. The number of benzene rings is 1. The normalized spacial score (nSPS) is 11.5. The molecular weight excluding hydrogens is 230 g/mol. The predicted octanol–water partition coefficient (Wildman–Crippen LogP) is 2.90. The summed E-state index contributed by atoms with van der Waals surface area (Å²) in [6.07, 6.45) is 0. The van der Waals surface area contributed by atoms with Gasteiger partial charge in [0.2, 0.25) is 0 Å². The van der Waals surface area contributed by atoms with Crippen molar-refractivity contribution in [3.8, 4) is 5.75 Å². The lowest BCUT2D eigenvalue weighted by molar-refractivity contribution is 0.00633. The Hall–Kier alpha value is -2.10.